The second-order valence-corrected chi connectivity index (χ2v) is 5.86. The van der Waals surface area contributed by atoms with Gasteiger partial charge in [0.15, 0.2) is 5.69 Å². The van der Waals surface area contributed by atoms with E-state index >= 15 is 0 Å². The molecule has 0 unspecified atom stereocenters. The van der Waals surface area contributed by atoms with E-state index in [0.717, 1.165) is 10.2 Å². The molecule has 6 heteroatoms. The Labute approximate surface area is 143 Å². The molecule has 0 aliphatic rings. The summed E-state index contributed by atoms with van der Waals surface area (Å²) >= 11 is 5.87. The molecule has 0 bridgehead atoms. The molecule has 0 radical (unpaired) electrons. The van der Waals surface area contributed by atoms with Crippen LogP contribution in [0.2, 0.25) is 5.02 Å². The van der Waals surface area contributed by atoms with E-state index < -0.39 is 12.1 Å². The molecule has 0 aliphatic carbocycles. The highest BCUT2D eigenvalue weighted by Gasteiger charge is 2.19. The van der Waals surface area contributed by atoms with Gasteiger partial charge in [-0.15, -0.1) is 0 Å². The van der Waals surface area contributed by atoms with Crippen molar-refractivity contribution in [1.29, 1.82) is 0 Å². The Morgan fingerprint density at radius 1 is 1.12 bits per heavy atom. The fraction of sp³-hybridized carbons (Fsp3) is 0.167. The first-order valence-corrected chi connectivity index (χ1v) is 7.77. The van der Waals surface area contributed by atoms with Crippen LogP contribution in [0.15, 0.2) is 53.3 Å². The van der Waals surface area contributed by atoms with Gasteiger partial charge in [0.1, 0.15) is 6.10 Å². The summed E-state index contributed by atoms with van der Waals surface area (Å²) in [5, 5.41) is 5.60. The molecular weight excluding hydrogens is 328 g/mol. The average Bonchev–Trinajstić information content (AvgIpc) is 2.58. The van der Waals surface area contributed by atoms with E-state index in [1.807, 2.05) is 0 Å². The second-order valence-electron chi connectivity index (χ2n) is 5.42. The summed E-state index contributed by atoms with van der Waals surface area (Å²) in [5.74, 6) is -0.579. The summed E-state index contributed by atoms with van der Waals surface area (Å²) in [5.41, 5.74) is 0.684. The van der Waals surface area contributed by atoms with Crippen LogP contribution >= 0.6 is 11.6 Å². The third-order valence-electron chi connectivity index (χ3n) is 3.77. The highest BCUT2D eigenvalue weighted by atomic mass is 35.5. The SMILES string of the molecule is C[C@H](OC(=O)c1nn(C)c(=O)c2ccccc12)c1ccc(Cl)cc1. The van der Waals surface area contributed by atoms with E-state index in [1.165, 1.54) is 7.05 Å². The Morgan fingerprint density at radius 2 is 1.75 bits per heavy atom. The van der Waals surface area contributed by atoms with Crippen LogP contribution in [0.5, 0.6) is 0 Å². The molecule has 0 saturated heterocycles. The van der Waals surface area contributed by atoms with Crippen molar-refractivity contribution < 1.29 is 9.53 Å². The number of benzene rings is 2. The van der Waals surface area contributed by atoms with Crippen molar-refractivity contribution in [2.75, 3.05) is 0 Å². The number of nitrogens with zero attached hydrogens (tertiary/aromatic N) is 2. The van der Waals surface area contributed by atoms with Crippen molar-refractivity contribution in [3.05, 3.63) is 75.2 Å². The van der Waals surface area contributed by atoms with Gasteiger partial charge in [0.2, 0.25) is 0 Å². The van der Waals surface area contributed by atoms with Crippen LogP contribution in [0.25, 0.3) is 10.8 Å². The van der Waals surface area contributed by atoms with Gasteiger partial charge in [-0.2, -0.15) is 5.10 Å². The van der Waals surface area contributed by atoms with Crippen LogP contribution < -0.4 is 5.56 Å². The van der Waals surface area contributed by atoms with Gasteiger partial charge in [0, 0.05) is 17.5 Å². The van der Waals surface area contributed by atoms with Crippen molar-refractivity contribution in [3.8, 4) is 0 Å². The molecule has 1 aromatic heterocycles. The predicted octanol–water partition coefficient (Wildman–Crippen LogP) is 3.50. The zero-order valence-corrected chi connectivity index (χ0v) is 13.9. The lowest BCUT2D eigenvalue weighted by molar-refractivity contribution is 0.0331. The minimum atomic E-state index is -0.579. The Kier molecular flexibility index (Phi) is 4.36. The summed E-state index contributed by atoms with van der Waals surface area (Å²) in [7, 11) is 1.51. The molecule has 3 aromatic rings. The Balaban J connectivity index is 1.96. The summed E-state index contributed by atoms with van der Waals surface area (Å²) in [6.07, 6.45) is -0.465. The molecule has 3 rings (SSSR count). The monoisotopic (exact) mass is 342 g/mol. The van der Waals surface area contributed by atoms with E-state index in [-0.39, 0.29) is 11.3 Å². The zero-order chi connectivity index (χ0) is 17.3. The average molecular weight is 343 g/mol. The molecule has 24 heavy (non-hydrogen) atoms. The molecule has 0 saturated carbocycles. The third kappa shape index (κ3) is 3.03. The van der Waals surface area contributed by atoms with Gasteiger partial charge < -0.3 is 4.74 Å². The maximum Gasteiger partial charge on any atom is 0.360 e. The molecule has 122 valence electrons. The summed E-state index contributed by atoms with van der Waals surface area (Å²) in [6.45, 7) is 1.77. The molecule has 0 fully saturated rings. The van der Waals surface area contributed by atoms with Crippen LogP contribution in [0.1, 0.15) is 29.1 Å². The minimum absolute atomic E-state index is 0.119. The Bertz CT molecular complexity index is 964. The van der Waals surface area contributed by atoms with E-state index in [0.29, 0.717) is 15.8 Å². The normalized spacial score (nSPS) is 12.1. The van der Waals surface area contributed by atoms with E-state index in [4.69, 9.17) is 16.3 Å². The summed E-state index contributed by atoms with van der Waals surface area (Å²) < 4.78 is 6.65. The first-order valence-electron chi connectivity index (χ1n) is 7.40. The predicted molar refractivity (Wildman–Crippen MR) is 92.3 cm³/mol. The standard InChI is InChI=1S/C18H15ClN2O3/c1-11(12-7-9-13(19)10-8-12)24-18(23)16-14-5-3-4-6-15(14)17(22)21(2)20-16/h3-11H,1-2H3/t11-/m0/s1. The molecule has 0 spiro atoms. The number of fused-ring (bicyclic) bond motifs is 1. The zero-order valence-electron chi connectivity index (χ0n) is 13.2. The first kappa shape index (κ1) is 16.2. The van der Waals surface area contributed by atoms with E-state index in [2.05, 4.69) is 5.10 Å². The third-order valence-corrected chi connectivity index (χ3v) is 4.03. The second kappa shape index (κ2) is 6.45. The van der Waals surface area contributed by atoms with Crippen molar-refractivity contribution in [1.82, 2.24) is 9.78 Å². The lowest BCUT2D eigenvalue weighted by Gasteiger charge is -2.14. The number of hydrogen-bond donors (Lipinski definition) is 0. The molecule has 0 amide bonds. The molecule has 2 aromatic carbocycles. The van der Waals surface area contributed by atoms with Gasteiger partial charge in [0.05, 0.1) is 5.39 Å². The molecule has 0 aliphatic heterocycles. The van der Waals surface area contributed by atoms with Crippen LogP contribution in [0.3, 0.4) is 0 Å². The van der Waals surface area contributed by atoms with Gasteiger partial charge in [-0.1, -0.05) is 41.9 Å². The number of halogens is 1. The van der Waals surface area contributed by atoms with Crippen LogP contribution in [-0.2, 0) is 11.8 Å². The van der Waals surface area contributed by atoms with Crippen LogP contribution in [0.4, 0.5) is 0 Å². The number of aryl methyl sites for hydroxylation is 1. The topological polar surface area (TPSA) is 61.2 Å². The quantitative estimate of drug-likeness (QED) is 0.683. The van der Waals surface area contributed by atoms with Gasteiger partial charge in [-0.3, -0.25) is 4.79 Å². The fourth-order valence-electron chi connectivity index (χ4n) is 2.47. The van der Waals surface area contributed by atoms with Crippen molar-refractivity contribution in [3.63, 3.8) is 0 Å². The van der Waals surface area contributed by atoms with Crippen LogP contribution in [-0.4, -0.2) is 15.7 Å². The molecule has 5 nitrogen and oxygen atoms in total. The number of esters is 1. The first-order chi connectivity index (χ1) is 11.5. The van der Waals surface area contributed by atoms with Gasteiger partial charge >= 0.3 is 5.97 Å². The largest absolute Gasteiger partial charge is 0.453 e. The molecular formula is C18H15ClN2O3. The number of aromatic nitrogens is 2. The lowest BCUT2D eigenvalue weighted by atomic mass is 10.1. The lowest BCUT2D eigenvalue weighted by Crippen LogP contribution is -2.24. The number of hydrogen-bond acceptors (Lipinski definition) is 4. The maximum absolute atomic E-state index is 12.5. The molecule has 1 heterocycles. The molecule has 1 atom stereocenters. The van der Waals surface area contributed by atoms with Gasteiger partial charge in [-0.25, -0.2) is 9.48 Å². The summed E-state index contributed by atoms with van der Waals surface area (Å²) in [6, 6.07) is 13.9. The van der Waals surface area contributed by atoms with Gasteiger partial charge in [-0.05, 0) is 30.7 Å². The van der Waals surface area contributed by atoms with Gasteiger partial charge in [0.25, 0.3) is 5.56 Å². The number of rotatable bonds is 3. The highest BCUT2D eigenvalue weighted by molar-refractivity contribution is 6.30. The number of carbonyl (C=O) groups excluding carboxylic acids is 1. The van der Waals surface area contributed by atoms with Crippen LogP contribution in [0, 0.1) is 0 Å². The van der Waals surface area contributed by atoms with E-state index in [9.17, 15) is 9.59 Å². The molecule has 0 N–H and O–H groups in total. The Hall–Kier alpha value is -2.66. The fourth-order valence-corrected chi connectivity index (χ4v) is 2.59. The van der Waals surface area contributed by atoms with E-state index in [1.54, 1.807) is 55.5 Å². The number of ether oxygens (including phenoxy) is 1. The number of carbonyl (C=O) groups is 1. The smallest absolute Gasteiger partial charge is 0.360 e. The minimum Gasteiger partial charge on any atom is -0.453 e. The van der Waals surface area contributed by atoms with Crippen molar-refractivity contribution in [2.45, 2.75) is 13.0 Å². The Morgan fingerprint density at radius 3 is 2.42 bits per heavy atom. The maximum atomic E-state index is 12.5. The van der Waals surface area contributed by atoms with Crippen molar-refractivity contribution in [2.24, 2.45) is 7.05 Å². The van der Waals surface area contributed by atoms with Crippen molar-refractivity contribution >= 4 is 28.3 Å². The summed E-state index contributed by atoms with van der Waals surface area (Å²) in [4.78, 5) is 24.7. The highest BCUT2D eigenvalue weighted by Crippen LogP contribution is 2.22.